The lowest BCUT2D eigenvalue weighted by atomic mass is 10.1. The van der Waals surface area contributed by atoms with E-state index in [4.69, 9.17) is 14.7 Å². The van der Waals surface area contributed by atoms with E-state index in [1.54, 1.807) is 11.3 Å². The van der Waals surface area contributed by atoms with Crippen LogP contribution in [0.3, 0.4) is 0 Å². The minimum atomic E-state index is 0.334. The van der Waals surface area contributed by atoms with Crippen LogP contribution in [0.1, 0.15) is 30.1 Å². The summed E-state index contributed by atoms with van der Waals surface area (Å²) >= 11 is 1.72. The second-order valence-electron chi connectivity index (χ2n) is 7.08. The van der Waals surface area contributed by atoms with Crippen molar-refractivity contribution < 1.29 is 4.74 Å². The van der Waals surface area contributed by atoms with E-state index < -0.39 is 0 Å². The van der Waals surface area contributed by atoms with Crippen LogP contribution in [0.2, 0.25) is 0 Å². The van der Waals surface area contributed by atoms with Crippen LogP contribution >= 0.6 is 11.3 Å². The van der Waals surface area contributed by atoms with Gasteiger partial charge in [0.1, 0.15) is 10.8 Å². The van der Waals surface area contributed by atoms with Gasteiger partial charge in [-0.3, -0.25) is 4.90 Å². The summed E-state index contributed by atoms with van der Waals surface area (Å²) < 4.78 is 5.47. The third-order valence-electron chi connectivity index (χ3n) is 4.69. The average Bonchev–Trinajstić information content (AvgIpc) is 3.15. The highest BCUT2D eigenvalue weighted by Crippen LogP contribution is 2.28. The molecule has 0 unspecified atom stereocenters. The van der Waals surface area contributed by atoms with Gasteiger partial charge in [-0.1, -0.05) is 0 Å². The van der Waals surface area contributed by atoms with E-state index >= 15 is 0 Å². The van der Waals surface area contributed by atoms with Gasteiger partial charge in [-0.15, -0.1) is 11.3 Å². The van der Waals surface area contributed by atoms with Crippen LogP contribution in [0.15, 0.2) is 11.6 Å². The molecule has 2 aromatic heterocycles. The molecule has 0 spiro atoms. The third-order valence-corrected chi connectivity index (χ3v) is 5.45. The SMILES string of the molecule is CC(C)Nc1nc(N2CCOCC2)nc2c1CN(Cc1nccs1)CC2. The summed E-state index contributed by atoms with van der Waals surface area (Å²) in [4.78, 5) is 18.9. The molecular formula is C18H26N6OS. The molecule has 7 nitrogen and oxygen atoms in total. The van der Waals surface area contributed by atoms with Crippen molar-refractivity contribution in [2.75, 3.05) is 43.1 Å². The van der Waals surface area contributed by atoms with Gasteiger partial charge in [-0.2, -0.15) is 4.98 Å². The van der Waals surface area contributed by atoms with Crippen LogP contribution in [0, 0.1) is 0 Å². The highest BCUT2D eigenvalue weighted by molar-refractivity contribution is 7.09. The Morgan fingerprint density at radius 1 is 1.23 bits per heavy atom. The van der Waals surface area contributed by atoms with Crippen molar-refractivity contribution in [3.63, 3.8) is 0 Å². The van der Waals surface area contributed by atoms with Gasteiger partial charge in [0.25, 0.3) is 0 Å². The number of nitrogens with zero attached hydrogens (tertiary/aromatic N) is 5. The molecule has 0 atom stereocenters. The molecule has 2 aliphatic rings. The second kappa shape index (κ2) is 7.85. The molecule has 2 aromatic rings. The number of aromatic nitrogens is 3. The molecule has 8 heteroatoms. The standard InChI is InChI=1S/C18H26N6OS/c1-13(2)20-17-14-11-23(12-16-19-4-10-26-16)5-3-15(14)21-18(22-17)24-6-8-25-9-7-24/h4,10,13H,3,5-9,11-12H2,1-2H3,(H,20,21,22). The van der Waals surface area contributed by atoms with Crippen molar-refractivity contribution in [1.29, 1.82) is 0 Å². The molecule has 0 saturated carbocycles. The van der Waals surface area contributed by atoms with Crippen LogP contribution in [0.4, 0.5) is 11.8 Å². The molecule has 1 N–H and O–H groups in total. The number of ether oxygens (including phenoxy) is 1. The zero-order chi connectivity index (χ0) is 17.9. The third kappa shape index (κ3) is 3.97. The molecule has 4 heterocycles. The zero-order valence-corrected chi connectivity index (χ0v) is 16.3. The fourth-order valence-corrected chi connectivity index (χ4v) is 4.07. The molecule has 0 radical (unpaired) electrons. The van der Waals surface area contributed by atoms with E-state index in [2.05, 4.69) is 33.9 Å². The molecule has 0 amide bonds. The van der Waals surface area contributed by atoms with Gasteiger partial charge in [0, 0.05) is 55.8 Å². The largest absolute Gasteiger partial charge is 0.378 e. The number of morpholine rings is 1. The first-order valence-corrected chi connectivity index (χ1v) is 10.2. The Labute approximate surface area is 158 Å². The lowest BCUT2D eigenvalue weighted by molar-refractivity contribution is 0.122. The van der Waals surface area contributed by atoms with Crippen LogP contribution in [0.5, 0.6) is 0 Å². The Bertz CT molecular complexity index is 730. The summed E-state index contributed by atoms with van der Waals surface area (Å²) in [5.41, 5.74) is 2.42. The Morgan fingerprint density at radius 3 is 2.81 bits per heavy atom. The highest BCUT2D eigenvalue weighted by Gasteiger charge is 2.25. The maximum atomic E-state index is 5.47. The first-order chi connectivity index (χ1) is 12.7. The van der Waals surface area contributed by atoms with Gasteiger partial charge >= 0.3 is 0 Å². The van der Waals surface area contributed by atoms with Gasteiger partial charge in [0.05, 0.1) is 25.5 Å². The van der Waals surface area contributed by atoms with Crippen LogP contribution in [-0.4, -0.2) is 58.7 Å². The van der Waals surface area contributed by atoms with E-state index in [1.165, 1.54) is 11.3 Å². The summed E-state index contributed by atoms with van der Waals surface area (Å²) in [7, 11) is 0. The number of fused-ring (bicyclic) bond motifs is 1. The minimum absolute atomic E-state index is 0.334. The van der Waals surface area contributed by atoms with Crippen molar-refractivity contribution in [1.82, 2.24) is 19.9 Å². The van der Waals surface area contributed by atoms with Gasteiger partial charge in [-0.05, 0) is 13.8 Å². The number of hydrogen-bond acceptors (Lipinski definition) is 8. The Kier molecular flexibility index (Phi) is 5.33. The van der Waals surface area contributed by atoms with Gasteiger partial charge in [-0.25, -0.2) is 9.97 Å². The molecule has 26 heavy (non-hydrogen) atoms. The topological polar surface area (TPSA) is 66.4 Å². The summed E-state index contributed by atoms with van der Waals surface area (Å²) in [5, 5.41) is 6.75. The van der Waals surface area contributed by atoms with Crippen LogP contribution < -0.4 is 10.2 Å². The minimum Gasteiger partial charge on any atom is -0.378 e. The Morgan fingerprint density at radius 2 is 2.08 bits per heavy atom. The molecule has 140 valence electrons. The van der Waals surface area contributed by atoms with Crippen molar-refractivity contribution in [3.05, 3.63) is 27.8 Å². The molecule has 0 aliphatic carbocycles. The summed E-state index contributed by atoms with van der Waals surface area (Å²) in [6.07, 6.45) is 2.83. The zero-order valence-electron chi connectivity index (χ0n) is 15.4. The number of nitrogens with one attached hydrogen (secondary N) is 1. The first-order valence-electron chi connectivity index (χ1n) is 9.29. The van der Waals surface area contributed by atoms with Gasteiger partial charge < -0.3 is 15.0 Å². The fourth-order valence-electron chi connectivity index (χ4n) is 3.41. The van der Waals surface area contributed by atoms with E-state index in [0.29, 0.717) is 6.04 Å². The quantitative estimate of drug-likeness (QED) is 0.860. The normalized spacial score (nSPS) is 18.2. The van der Waals surface area contributed by atoms with E-state index in [1.807, 2.05) is 11.6 Å². The molecular weight excluding hydrogens is 348 g/mol. The molecule has 0 bridgehead atoms. The lowest BCUT2D eigenvalue weighted by Crippen LogP contribution is -2.38. The van der Waals surface area contributed by atoms with Gasteiger partial charge in [0.15, 0.2) is 0 Å². The predicted octanol–water partition coefficient (Wildman–Crippen LogP) is 2.15. The van der Waals surface area contributed by atoms with Gasteiger partial charge in [0.2, 0.25) is 5.95 Å². The number of thiazole rings is 1. The molecule has 1 fully saturated rings. The van der Waals surface area contributed by atoms with Crippen LogP contribution in [-0.2, 0) is 24.2 Å². The maximum Gasteiger partial charge on any atom is 0.227 e. The van der Waals surface area contributed by atoms with E-state index in [9.17, 15) is 0 Å². The summed E-state index contributed by atoms with van der Waals surface area (Å²) in [5.74, 6) is 1.82. The molecule has 0 aromatic carbocycles. The fraction of sp³-hybridized carbons (Fsp3) is 0.611. The number of hydrogen-bond donors (Lipinski definition) is 1. The number of rotatable bonds is 5. The Balaban J connectivity index is 1.59. The highest BCUT2D eigenvalue weighted by atomic mass is 32.1. The lowest BCUT2D eigenvalue weighted by Gasteiger charge is -2.32. The molecule has 2 aliphatic heterocycles. The first kappa shape index (κ1) is 17.6. The average molecular weight is 375 g/mol. The monoisotopic (exact) mass is 374 g/mol. The smallest absolute Gasteiger partial charge is 0.227 e. The van der Waals surface area contributed by atoms with Crippen molar-refractivity contribution in [2.45, 2.75) is 39.4 Å². The second-order valence-corrected chi connectivity index (χ2v) is 8.06. The van der Waals surface area contributed by atoms with Crippen molar-refractivity contribution in [2.24, 2.45) is 0 Å². The maximum absolute atomic E-state index is 5.47. The number of anilines is 2. The Hall–Kier alpha value is -1.77. The predicted molar refractivity (Wildman–Crippen MR) is 104 cm³/mol. The molecule has 4 rings (SSSR count). The van der Waals surface area contributed by atoms with E-state index in [-0.39, 0.29) is 0 Å². The van der Waals surface area contributed by atoms with Crippen molar-refractivity contribution in [3.8, 4) is 0 Å². The van der Waals surface area contributed by atoms with E-state index in [0.717, 1.165) is 69.1 Å². The molecule has 1 saturated heterocycles. The summed E-state index contributed by atoms with van der Waals surface area (Å²) in [6, 6.07) is 0.334. The summed E-state index contributed by atoms with van der Waals surface area (Å²) in [6.45, 7) is 10.3. The van der Waals surface area contributed by atoms with Crippen LogP contribution in [0.25, 0.3) is 0 Å². The van der Waals surface area contributed by atoms with Crippen molar-refractivity contribution >= 4 is 23.1 Å².